The second-order valence-corrected chi connectivity index (χ2v) is 5.84. The van der Waals surface area contributed by atoms with Gasteiger partial charge in [-0.2, -0.15) is 0 Å². The van der Waals surface area contributed by atoms with Gasteiger partial charge in [-0.1, -0.05) is 0 Å². The Morgan fingerprint density at radius 1 is 1.24 bits per heavy atom. The molecule has 2 aromatic rings. The van der Waals surface area contributed by atoms with Gasteiger partial charge >= 0.3 is 0 Å². The second-order valence-electron chi connectivity index (χ2n) is 5.84. The molecule has 0 radical (unpaired) electrons. The van der Waals surface area contributed by atoms with Gasteiger partial charge in [-0.3, -0.25) is 4.79 Å². The molecule has 3 N–H and O–H groups in total. The molecule has 3 rings (SSSR count). The topological polar surface area (TPSA) is 93.4 Å². The maximum Gasteiger partial charge on any atom is 0.259 e. The van der Waals surface area contributed by atoms with Crippen molar-refractivity contribution in [3.05, 3.63) is 41.0 Å². The number of benzene rings is 1. The van der Waals surface area contributed by atoms with Crippen molar-refractivity contribution in [3.63, 3.8) is 0 Å². The molecule has 132 valence electrons. The first-order valence-electron chi connectivity index (χ1n) is 8.00. The van der Waals surface area contributed by atoms with E-state index in [4.69, 9.17) is 10.5 Å². The minimum atomic E-state index is -0.359. The average molecular weight is 345 g/mol. The second kappa shape index (κ2) is 7.02. The molecule has 1 aromatic carbocycles. The van der Waals surface area contributed by atoms with Crippen LogP contribution in [0.3, 0.4) is 0 Å². The summed E-state index contributed by atoms with van der Waals surface area (Å²) in [5.41, 5.74) is 8.13. The van der Waals surface area contributed by atoms with E-state index in [1.807, 2.05) is 4.90 Å². The zero-order valence-corrected chi connectivity index (χ0v) is 14.2. The molecule has 8 heteroatoms. The molecule has 0 spiro atoms. The number of morpholine rings is 1. The monoisotopic (exact) mass is 345 g/mol. The summed E-state index contributed by atoms with van der Waals surface area (Å²) in [6.45, 7) is 5.80. The maximum absolute atomic E-state index is 13.7. The molecule has 1 fully saturated rings. The largest absolute Gasteiger partial charge is 0.378 e. The lowest BCUT2D eigenvalue weighted by Gasteiger charge is -2.30. The summed E-state index contributed by atoms with van der Waals surface area (Å²) in [5.74, 6) is -0.582. The lowest BCUT2D eigenvalue weighted by molar-refractivity contribution is 0.102. The third kappa shape index (κ3) is 3.69. The molecule has 2 heterocycles. The van der Waals surface area contributed by atoms with Crippen LogP contribution in [0.1, 0.15) is 21.7 Å². The molecule has 0 aliphatic carbocycles. The lowest BCUT2D eigenvalue weighted by Crippen LogP contribution is -2.37. The van der Waals surface area contributed by atoms with Gasteiger partial charge in [0.2, 0.25) is 5.95 Å². The van der Waals surface area contributed by atoms with Gasteiger partial charge in [-0.05, 0) is 32.0 Å². The number of aromatic nitrogens is 2. The van der Waals surface area contributed by atoms with Crippen LogP contribution >= 0.6 is 0 Å². The number of nitrogens with one attached hydrogen (secondary N) is 1. The summed E-state index contributed by atoms with van der Waals surface area (Å²) in [5, 5.41) is 2.84. The van der Waals surface area contributed by atoms with E-state index >= 15 is 0 Å². The number of hydrogen-bond donors (Lipinski definition) is 2. The van der Waals surface area contributed by atoms with Crippen molar-refractivity contribution in [2.24, 2.45) is 0 Å². The highest BCUT2D eigenvalue weighted by Gasteiger charge is 2.20. The lowest BCUT2D eigenvalue weighted by atomic mass is 10.1. The van der Waals surface area contributed by atoms with Gasteiger partial charge in [-0.25, -0.2) is 14.4 Å². The van der Waals surface area contributed by atoms with E-state index < -0.39 is 0 Å². The van der Waals surface area contributed by atoms with E-state index in [2.05, 4.69) is 15.3 Å². The number of aryl methyl sites for hydroxylation is 2. The molecule has 0 bridgehead atoms. The molecule has 1 amide bonds. The summed E-state index contributed by atoms with van der Waals surface area (Å²) >= 11 is 0. The van der Waals surface area contributed by atoms with Crippen LogP contribution in [0.2, 0.25) is 0 Å². The number of amides is 1. The molecule has 0 atom stereocenters. The Labute approximate surface area is 145 Å². The number of nitrogen functional groups attached to an aromatic ring is 1. The van der Waals surface area contributed by atoms with Crippen LogP contribution in [-0.2, 0) is 4.74 Å². The van der Waals surface area contributed by atoms with Crippen molar-refractivity contribution in [1.82, 2.24) is 9.97 Å². The number of carbonyl (C=O) groups excluding carboxylic acids is 1. The van der Waals surface area contributed by atoms with E-state index in [-0.39, 0.29) is 17.7 Å². The normalized spacial score (nSPS) is 14.4. The van der Waals surface area contributed by atoms with E-state index in [0.717, 1.165) is 0 Å². The number of halogens is 1. The Balaban J connectivity index is 1.91. The molecule has 1 aromatic heterocycles. The minimum Gasteiger partial charge on any atom is -0.378 e. The summed E-state index contributed by atoms with van der Waals surface area (Å²) in [6.07, 6.45) is 0. The third-order valence-corrected chi connectivity index (χ3v) is 4.07. The summed E-state index contributed by atoms with van der Waals surface area (Å²) < 4.78 is 19.1. The maximum atomic E-state index is 13.7. The Kier molecular flexibility index (Phi) is 4.80. The van der Waals surface area contributed by atoms with Crippen molar-refractivity contribution >= 4 is 23.2 Å². The van der Waals surface area contributed by atoms with Crippen LogP contribution in [-0.4, -0.2) is 42.2 Å². The van der Waals surface area contributed by atoms with Crippen molar-refractivity contribution in [1.29, 1.82) is 0 Å². The summed E-state index contributed by atoms with van der Waals surface area (Å²) in [7, 11) is 0. The predicted molar refractivity (Wildman–Crippen MR) is 93.3 cm³/mol. The number of carbonyl (C=O) groups is 1. The van der Waals surface area contributed by atoms with Gasteiger partial charge in [0.15, 0.2) is 0 Å². The van der Waals surface area contributed by atoms with Crippen LogP contribution in [0.25, 0.3) is 0 Å². The Morgan fingerprint density at radius 3 is 2.52 bits per heavy atom. The molecule has 1 aliphatic heterocycles. The first-order chi connectivity index (χ1) is 12.0. The van der Waals surface area contributed by atoms with E-state index in [9.17, 15) is 9.18 Å². The zero-order chi connectivity index (χ0) is 18.0. The van der Waals surface area contributed by atoms with Gasteiger partial charge in [0, 0.05) is 13.1 Å². The van der Waals surface area contributed by atoms with Gasteiger partial charge in [0.05, 0.1) is 41.5 Å². The SMILES string of the molecule is Cc1nc(N)nc(C)c1C(=O)Nc1ccc(F)cc1N1CCOCC1. The third-order valence-electron chi connectivity index (χ3n) is 4.07. The van der Waals surface area contributed by atoms with Crippen LogP contribution < -0.4 is 16.0 Å². The molecule has 0 saturated carbocycles. The fourth-order valence-corrected chi connectivity index (χ4v) is 2.93. The van der Waals surface area contributed by atoms with Crippen LogP contribution in [0.5, 0.6) is 0 Å². The first kappa shape index (κ1) is 17.1. The quantitative estimate of drug-likeness (QED) is 0.882. The summed E-state index contributed by atoms with van der Waals surface area (Å²) in [6, 6.07) is 4.29. The highest BCUT2D eigenvalue weighted by molar-refractivity contribution is 6.07. The number of anilines is 3. The van der Waals surface area contributed by atoms with Gasteiger partial charge in [-0.15, -0.1) is 0 Å². The molecule has 0 unspecified atom stereocenters. The Bertz CT molecular complexity index is 783. The van der Waals surface area contributed by atoms with Gasteiger partial charge < -0.3 is 20.7 Å². The number of rotatable bonds is 3. The fourth-order valence-electron chi connectivity index (χ4n) is 2.93. The smallest absolute Gasteiger partial charge is 0.259 e. The number of nitrogens with zero attached hydrogens (tertiary/aromatic N) is 3. The molecular formula is C17H20FN5O2. The molecule has 25 heavy (non-hydrogen) atoms. The molecular weight excluding hydrogens is 325 g/mol. The highest BCUT2D eigenvalue weighted by Crippen LogP contribution is 2.28. The van der Waals surface area contributed by atoms with E-state index in [0.29, 0.717) is 54.6 Å². The van der Waals surface area contributed by atoms with Crippen LogP contribution in [0, 0.1) is 19.7 Å². The van der Waals surface area contributed by atoms with Crippen LogP contribution in [0.15, 0.2) is 18.2 Å². The average Bonchev–Trinajstić information content (AvgIpc) is 2.56. The number of hydrogen-bond acceptors (Lipinski definition) is 6. The fraction of sp³-hybridized carbons (Fsp3) is 0.353. The standard InChI is InChI=1S/C17H20FN5O2/c1-10-15(11(2)21-17(19)20-10)16(24)22-13-4-3-12(18)9-14(13)23-5-7-25-8-6-23/h3-4,9H,5-8H2,1-2H3,(H,22,24)(H2,19,20,21). The Morgan fingerprint density at radius 2 is 1.88 bits per heavy atom. The van der Waals surface area contributed by atoms with Gasteiger partial charge in [0.1, 0.15) is 5.82 Å². The van der Waals surface area contributed by atoms with E-state index in [1.165, 1.54) is 12.1 Å². The molecule has 1 saturated heterocycles. The van der Waals surface area contributed by atoms with Crippen molar-refractivity contribution < 1.29 is 13.9 Å². The van der Waals surface area contributed by atoms with Crippen molar-refractivity contribution in [3.8, 4) is 0 Å². The zero-order valence-electron chi connectivity index (χ0n) is 14.2. The van der Waals surface area contributed by atoms with Crippen molar-refractivity contribution in [2.75, 3.05) is 42.3 Å². The van der Waals surface area contributed by atoms with E-state index in [1.54, 1.807) is 19.9 Å². The van der Waals surface area contributed by atoms with Gasteiger partial charge in [0.25, 0.3) is 5.91 Å². The summed E-state index contributed by atoms with van der Waals surface area (Å²) in [4.78, 5) is 22.8. The highest BCUT2D eigenvalue weighted by atomic mass is 19.1. The minimum absolute atomic E-state index is 0.127. The predicted octanol–water partition coefficient (Wildman–Crippen LogP) is 1.90. The molecule has 7 nitrogen and oxygen atoms in total. The Hall–Kier alpha value is -2.74. The van der Waals surface area contributed by atoms with Crippen LogP contribution in [0.4, 0.5) is 21.7 Å². The first-order valence-corrected chi connectivity index (χ1v) is 8.00. The number of nitrogens with two attached hydrogens (primary N) is 1. The number of ether oxygens (including phenoxy) is 1. The molecule has 1 aliphatic rings. The van der Waals surface area contributed by atoms with Crippen molar-refractivity contribution in [2.45, 2.75) is 13.8 Å².